The fourth-order valence-corrected chi connectivity index (χ4v) is 5.94. The molecule has 1 fully saturated rings. The summed E-state index contributed by atoms with van der Waals surface area (Å²) in [6.07, 6.45) is 0. The van der Waals surface area contributed by atoms with E-state index in [0.717, 1.165) is 14.6 Å². The number of hydrogen-bond acceptors (Lipinski definition) is 7. The van der Waals surface area contributed by atoms with E-state index < -0.39 is 0 Å². The summed E-state index contributed by atoms with van der Waals surface area (Å²) in [6, 6.07) is 19.2. The first kappa shape index (κ1) is 26.2. The number of halogens is 1. The van der Waals surface area contributed by atoms with Crippen LogP contribution in [0.1, 0.15) is 20.7 Å². The van der Waals surface area contributed by atoms with E-state index in [-0.39, 0.29) is 23.5 Å². The molecule has 1 aromatic heterocycles. The van der Waals surface area contributed by atoms with Crippen molar-refractivity contribution in [1.82, 2.24) is 9.88 Å². The van der Waals surface area contributed by atoms with E-state index in [0.29, 0.717) is 53.8 Å². The monoisotopic (exact) mass is 566 g/mol. The second-order valence-electron chi connectivity index (χ2n) is 8.41. The number of amides is 3. The van der Waals surface area contributed by atoms with E-state index in [9.17, 15) is 14.4 Å². The van der Waals surface area contributed by atoms with Crippen LogP contribution in [0.25, 0.3) is 10.2 Å². The Morgan fingerprint density at radius 2 is 1.66 bits per heavy atom. The molecular weight excluding hydrogens is 544 g/mol. The number of thiazole rings is 1. The summed E-state index contributed by atoms with van der Waals surface area (Å²) < 4.78 is 6.95. The molecule has 0 bridgehead atoms. The number of nitrogens with one attached hydrogen (secondary N) is 2. The van der Waals surface area contributed by atoms with Crippen molar-refractivity contribution < 1.29 is 19.1 Å². The van der Waals surface area contributed by atoms with Crippen LogP contribution in [0, 0.1) is 0 Å². The Kier molecular flexibility index (Phi) is 8.23. The van der Waals surface area contributed by atoms with Crippen molar-refractivity contribution in [2.24, 2.45) is 0 Å². The minimum Gasteiger partial charge on any atom is -0.378 e. The molecule has 0 aliphatic carbocycles. The number of thioether (sulfide) groups is 1. The lowest BCUT2D eigenvalue weighted by Gasteiger charge is -2.27. The predicted molar refractivity (Wildman–Crippen MR) is 152 cm³/mol. The molecule has 0 radical (unpaired) electrons. The first-order valence-electron chi connectivity index (χ1n) is 11.8. The number of hydrogen-bond donors (Lipinski definition) is 2. The number of anilines is 2. The van der Waals surface area contributed by atoms with Crippen LogP contribution in [-0.2, 0) is 9.53 Å². The highest BCUT2D eigenvalue weighted by atomic mass is 35.5. The molecule has 8 nitrogen and oxygen atoms in total. The van der Waals surface area contributed by atoms with Gasteiger partial charge in [-0.1, -0.05) is 35.5 Å². The second-order valence-corrected chi connectivity index (χ2v) is 11.1. The Morgan fingerprint density at radius 1 is 0.947 bits per heavy atom. The average molecular weight is 567 g/mol. The van der Waals surface area contributed by atoms with Gasteiger partial charge < -0.3 is 20.3 Å². The molecule has 0 spiro atoms. The highest BCUT2D eigenvalue weighted by Gasteiger charge is 2.23. The average Bonchev–Trinajstić information content (AvgIpc) is 3.35. The molecule has 1 saturated heterocycles. The summed E-state index contributed by atoms with van der Waals surface area (Å²) >= 11 is 8.67. The van der Waals surface area contributed by atoms with Crippen molar-refractivity contribution in [3.63, 3.8) is 0 Å². The van der Waals surface area contributed by atoms with Gasteiger partial charge in [0, 0.05) is 29.5 Å². The Morgan fingerprint density at radius 3 is 2.42 bits per heavy atom. The molecule has 2 N–H and O–H groups in total. The molecule has 0 unspecified atom stereocenters. The molecule has 38 heavy (non-hydrogen) atoms. The Hall–Kier alpha value is -3.44. The lowest BCUT2D eigenvalue weighted by molar-refractivity contribution is -0.113. The van der Waals surface area contributed by atoms with E-state index >= 15 is 0 Å². The van der Waals surface area contributed by atoms with Gasteiger partial charge in [0.1, 0.15) is 0 Å². The third-order valence-electron chi connectivity index (χ3n) is 5.78. The maximum Gasteiger partial charge on any atom is 0.256 e. The third kappa shape index (κ3) is 6.33. The van der Waals surface area contributed by atoms with E-state index in [2.05, 4.69) is 15.6 Å². The van der Waals surface area contributed by atoms with Gasteiger partial charge in [-0.25, -0.2) is 4.98 Å². The highest BCUT2D eigenvalue weighted by Crippen LogP contribution is 2.31. The maximum atomic E-state index is 13.1. The van der Waals surface area contributed by atoms with Gasteiger partial charge in [-0.15, -0.1) is 11.3 Å². The second kappa shape index (κ2) is 12.0. The van der Waals surface area contributed by atoms with Crippen LogP contribution in [-0.4, -0.2) is 59.7 Å². The molecule has 3 amide bonds. The maximum absolute atomic E-state index is 13.1. The van der Waals surface area contributed by atoms with Crippen molar-refractivity contribution in [3.8, 4) is 0 Å². The zero-order valence-corrected chi connectivity index (χ0v) is 22.5. The molecule has 194 valence electrons. The summed E-state index contributed by atoms with van der Waals surface area (Å²) in [6.45, 7) is 1.98. The van der Waals surface area contributed by atoms with Gasteiger partial charge in [0.15, 0.2) is 4.34 Å². The van der Waals surface area contributed by atoms with Crippen LogP contribution in [0.3, 0.4) is 0 Å². The molecule has 11 heteroatoms. The molecule has 1 aliphatic heterocycles. The van der Waals surface area contributed by atoms with Crippen LogP contribution < -0.4 is 10.6 Å². The molecular formula is C27H23ClN4O4S2. The van der Waals surface area contributed by atoms with Crippen LogP contribution in [0.2, 0.25) is 5.02 Å². The fourth-order valence-electron chi connectivity index (χ4n) is 3.90. The smallest absolute Gasteiger partial charge is 0.256 e. The Balaban J connectivity index is 1.23. The van der Waals surface area contributed by atoms with Crippen LogP contribution >= 0.6 is 34.7 Å². The number of fused-ring (bicyclic) bond motifs is 1. The SMILES string of the molecule is O=C(CSc1nc2ccc(NC(=O)c3ccccc3C(=O)N3CCOCC3)cc2s1)Nc1ccc(Cl)cc1. The summed E-state index contributed by atoms with van der Waals surface area (Å²) in [5, 5.41) is 6.34. The van der Waals surface area contributed by atoms with E-state index in [4.69, 9.17) is 16.3 Å². The topological polar surface area (TPSA) is 101 Å². The van der Waals surface area contributed by atoms with Crippen molar-refractivity contribution >= 4 is 74.0 Å². The van der Waals surface area contributed by atoms with Gasteiger partial charge >= 0.3 is 0 Å². The van der Waals surface area contributed by atoms with Gasteiger partial charge in [0.25, 0.3) is 11.8 Å². The molecule has 4 aromatic rings. The molecule has 3 aromatic carbocycles. The summed E-state index contributed by atoms with van der Waals surface area (Å²) in [5.41, 5.74) is 2.73. The van der Waals surface area contributed by atoms with Crippen molar-refractivity contribution in [2.45, 2.75) is 4.34 Å². The number of carbonyl (C=O) groups excluding carboxylic acids is 3. The number of aromatic nitrogens is 1. The van der Waals surface area contributed by atoms with Gasteiger partial charge in [0.2, 0.25) is 5.91 Å². The number of carbonyl (C=O) groups is 3. The zero-order valence-electron chi connectivity index (χ0n) is 20.1. The van der Waals surface area contributed by atoms with E-state index in [1.165, 1.54) is 23.1 Å². The standard InChI is InChI=1S/C27H23ClN4O4S2/c28-17-5-7-18(8-6-17)29-24(33)16-37-27-31-22-10-9-19(15-23(22)38-27)30-25(34)20-3-1-2-4-21(20)26(35)32-11-13-36-14-12-32/h1-10,15H,11-14,16H2,(H,29,33)(H,30,34). The molecule has 1 aliphatic rings. The van der Waals surface area contributed by atoms with Gasteiger partial charge in [0.05, 0.1) is 40.3 Å². The number of morpholine rings is 1. The van der Waals surface area contributed by atoms with Crippen molar-refractivity contribution in [3.05, 3.63) is 82.9 Å². The molecule has 0 atom stereocenters. The lowest BCUT2D eigenvalue weighted by atomic mass is 10.0. The molecule has 5 rings (SSSR count). The lowest BCUT2D eigenvalue weighted by Crippen LogP contribution is -2.41. The summed E-state index contributed by atoms with van der Waals surface area (Å²) in [4.78, 5) is 44.8. The fraction of sp³-hybridized carbons (Fsp3) is 0.185. The Bertz CT molecular complexity index is 1490. The van der Waals surface area contributed by atoms with Crippen LogP contribution in [0.5, 0.6) is 0 Å². The quantitative estimate of drug-likeness (QED) is 0.290. The first-order valence-corrected chi connectivity index (χ1v) is 14.0. The van der Waals surface area contributed by atoms with E-state index in [1.54, 1.807) is 59.5 Å². The van der Waals surface area contributed by atoms with Crippen LogP contribution in [0.15, 0.2) is 71.1 Å². The largest absolute Gasteiger partial charge is 0.378 e. The number of ether oxygens (including phenoxy) is 1. The van der Waals surface area contributed by atoms with Gasteiger partial charge in [-0.2, -0.15) is 0 Å². The minimum absolute atomic E-state index is 0.144. The molecule has 0 saturated carbocycles. The third-order valence-corrected chi connectivity index (χ3v) is 8.19. The van der Waals surface area contributed by atoms with Crippen LogP contribution in [0.4, 0.5) is 11.4 Å². The highest BCUT2D eigenvalue weighted by molar-refractivity contribution is 8.01. The van der Waals surface area contributed by atoms with Gasteiger partial charge in [-0.05, 0) is 54.6 Å². The number of benzene rings is 3. The van der Waals surface area contributed by atoms with Crippen molar-refractivity contribution in [1.29, 1.82) is 0 Å². The number of nitrogens with zero attached hydrogens (tertiary/aromatic N) is 2. The number of rotatable bonds is 7. The van der Waals surface area contributed by atoms with Gasteiger partial charge in [-0.3, -0.25) is 14.4 Å². The van der Waals surface area contributed by atoms with Crippen molar-refractivity contribution in [2.75, 3.05) is 42.7 Å². The zero-order chi connectivity index (χ0) is 26.5. The summed E-state index contributed by atoms with van der Waals surface area (Å²) in [7, 11) is 0. The first-order chi connectivity index (χ1) is 18.5. The minimum atomic E-state index is -0.362. The molecule has 2 heterocycles. The summed E-state index contributed by atoms with van der Waals surface area (Å²) in [5.74, 6) is -0.479. The predicted octanol–water partition coefficient (Wildman–Crippen LogP) is 5.41. The van der Waals surface area contributed by atoms with E-state index in [1.807, 2.05) is 12.1 Å². The normalized spacial score (nSPS) is 13.3. The Labute approximate surface area is 232 Å².